The number of nitrogens with one attached hydrogen (secondary N) is 2. The van der Waals surface area contributed by atoms with Crippen LogP contribution < -0.4 is 10.6 Å². The molecule has 3 N–H and O–H groups in total. The van der Waals surface area contributed by atoms with Crippen LogP contribution in [-0.2, 0) is 11.3 Å². The molecule has 0 atom stereocenters. The number of amides is 2. The molecule has 0 aliphatic carbocycles. The Hall–Kier alpha value is -4.20. The molecule has 0 aliphatic rings. The zero-order chi connectivity index (χ0) is 24.0. The van der Waals surface area contributed by atoms with Gasteiger partial charge in [-0.05, 0) is 73.9 Å². The zero-order valence-corrected chi connectivity index (χ0v) is 18.6. The molecule has 8 heteroatoms. The number of alkyl carbamates (subject to hydrolysis) is 1. The molecule has 33 heavy (non-hydrogen) atoms. The molecule has 0 aliphatic heterocycles. The third kappa shape index (κ3) is 6.64. The van der Waals surface area contributed by atoms with E-state index < -0.39 is 17.7 Å². The van der Waals surface area contributed by atoms with Crippen LogP contribution >= 0.6 is 0 Å². The Labute approximate surface area is 191 Å². The number of anilines is 1. The molecule has 0 unspecified atom stereocenters. The van der Waals surface area contributed by atoms with Crippen molar-refractivity contribution >= 4 is 23.7 Å². The molecular formula is C25H25N3O5. The molecule has 0 saturated carbocycles. The van der Waals surface area contributed by atoms with Crippen molar-refractivity contribution in [1.82, 2.24) is 10.3 Å². The quantitative estimate of drug-likeness (QED) is 0.503. The maximum absolute atomic E-state index is 12.8. The first-order valence-electron chi connectivity index (χ1n) is 10.3. The Balaban J connectivity index is 1.93. The second kappa shape index (κ2) is 9.95. The first kappa shape index (κ1) is 23.5. The molecule has 0 bridgehead atoms. The molecule has 0 fully saturated rings. The summed E-state index contributed by atoms with van der Waals surface area (Å²) in [4.78, 5) is 40.3. The zero-order valence-electron chi connectivity index (χ0n) is 18.6. The SMILES string of the molecule is CC(C)(C)OC(=O)NCc1ccc(C(=O)Nc2ccncc2)cc1-c1cccc(C(=O)O)c1. The normalized spacial score (nSPS) is 10.9. The Bertz CT molecular complexity index is 1170. The summed E-state index contributed by atoms with van der Waals surface area (Å²) in [6.45, 7) is 5.44. The monoisotopic (exact) mass is 447 g/mol. The molecule has 1 aromatic heterocycles. The summed E-state index contributed by atoms with van der Waals surface area (Å²) in [5.74, 6) is -1.39. The fourth-order valence-corrected chi connectivity index (χ4v) is 3.08. The Morgan fingerprint density at radius 1 is 0.970 bits per heavy atom. The summed E-state index contributed by atoms with van der Waals surface area (Å²) < 4.78 is 5.29. The van der Waals surface area contributed by atoms with E-state index in [9.17, 15) is 19.5 Å². The topological polar surface area (TPSA) is 118 Å². The van der Waals surface area contributed by atoms with Gasteiger partial charge in [-0.25, -0.2) is 9.59 Å². The lowest BCUT2D eigenvalue weighted by Crippen LogP contribution is -2.32. The molecule has 2 aromatic carbocycles. The molecule has 3 aromatic rings. The third-order valence-corrected chi connectivity index (χ3v) is 4.55. The van der Waals surface area contributed by atoms with Crippen molar-refractivity contribution in [2.24, 2.45) is 0 Å². The molecule has 170 valence electrons. The minimum absolute atomic E-state index is 0.116. The lowest BCUT2D eigenvalue weighted by Gasteiger charge is -2.20. The van der Waals surface area contributed by atoms with Crippen LogP contribution in [0.2, 0.25) is 0 Å². The van der Waals surface area contributed by atoms with Crippen LogP contribution in [0, 0.1) is 0 Å². The lowest BCUT2D eigenvalue weighted by molar-refractivity contribution is 0.0523. The number of nitrogens with zero attached hydrogens (tertiary/aromatic N) is 1. The largest absolute Gasteiger partial charge is 0.478 e. The number of carbonyl (C=O) groups excluding carboxylic acids is 2. The molecule has 0 spiro atoms. The fraction of sp³-hybridized carbons (Fsp3) is 0.200. The first-order valence-corrected chi connectivity index (χ1v) is 10.3. The highest BCUT2D eigenvalue weighted by molar-refractivity contribution is 6.05. The number of benzene rings is 2. The van der Waals surface area contributed by atoms with Gasteiger partial charge in [0, 0.05) is 30.2 Å². The number of hydrogen-bond acceptors (Lipinski definition) is 5. The number of carboxylic acid groups (broad SMARTS) is 1. The van der Waals surface area contributed by atoms with E-state index >= 15 is 0 Å². The van der Waals surface area contributed by atoms with Crippen LogP contribution in [0.3, 0.4) is 0 Å². The summed E-state index contributed by atoms with van der Waals surface area (Å²) in [5.41, 5.74) is 2.38. The second-order valence-electron chi connectivity index (χ2n) is 8.30. The van der Waals surface area contributed by atoms with Gasteiger partial charge in [0.15, 0.2) is 0 Å². The predicted molar refractivity (Wildman–Crippen MR) is 124 cm³/mol. The smallest absolute Gasteiger partial charge is 0.407 e. The van der Waals surface area contributed by atoms with Crippen molar-refractivity contribution in [3.63, 3.8) is 0 Å². The number of pyridine rings is 1. The standard InChI is InChI=1S/C25H25N3O5/c1-25(2,3)33-24(32)27-15-19-8-7-17(22(29)28-20-9-11-26-12-10-20)14-21(19)16-5-4-6-18(13-16)23(30)31/h4-14H,15H2,1-3H3,(H,27,32)(H,30,31)(H,26,28,29). The average Bonchev–Trinajstić information content (AvgIpc) is 2.77. The minimum Gasteiger partial charge on any atom is -0.478 e. The van der Waals surface area contributed by atoms with E-state index in [1.54, 1.807) is 75.6 Å². The number of carboxylic acids is 1. The highest BCUT2D eigenvalue weighted by Gasteiger charge is 2.18. The molecule has 8 nitrogen and oxygen atoms in total. The van der Waals surface area contributed by atoms with E-state index in [0.29, 0.717) is 27.9 Å². The molecule has 2 amide bonds. The van der Waals surface area contributed by atoms with Gasteiger partial charge in [0.2, 0.25) is 0 Å². The fourth-order valence-electron chi connectivity index (χ4n) is 3.08. The minimum atomic E-state index is -1.06. The second-order valence-corrected chi connectivity index (χ2v) is 8.30. The van der Waals surface area contributed by atoms with Crippen LogP contribution in [0.5, 0.6) is 0 Å². The van der Waals surface area contributed by atoms with Crippen molar-refractivity contribution in [3.05, 3.63) is 83.7 Å². The average molecular weight is 447 g/mol. The van der Waals surface area contributed by atoms with Crippen LogP contribution in [0.15, 0.2) is 67.0 Å². The summed E-state index contributed by atoms with van der Waals surface area (Å²) in [5, 5.41) is 14.9. The number of rotatable bonds is 6. The highest BCUT2D eigenvalue weighted by atomic mass is 16.6. The van der Waals surface area contributed by atoms with E-state index in [1.165, 1.54) is 12.1 Å². The Kier molecular flexibility index (Phi) is 7.07. The van der Waals surface area contributed by atoms with Gasteiger partial charge in [-0.3, -0.25) is 9.78 Å². The van der Waals surface area contributed by atoms with E-state index in [1.807, 2.05) is 0 Å². The van der Waals surface area contributed by atoms with Gasteiger partial charge < -0.3 is 20.5 Å². The molecule has 3 rings (SSSR count). The van der Waals surface area contributed by atoms with Gasteiger partial charge in [-0.15, -0.1) is 0 Å². The number of aromatic carboxylic acids is 1. The number of carbonyl (C=O) groups is 3. The third-order valence-electron chi connectivity index (χ3n) is 4.55. The van der Waals surface area contributed by atoms with E-state index in [4.69, 9.17) is 4.74 Å². The van der Waals surface area contributed by atoms with Crippen LogP contribution in [0.25, 0.3) is 11.1 Å². The molecule has 1 heterocycles. The van der Waals surface area contributed by atoms with Gasteiger partial charge in [-0.2, -0.15) is 0 Å². The van der Waals surface area contributed by atoms with Gasteiger partial charge in [0.25, 0.3) is 5.91 Å². The van der Waals surface area contributed by atoms with Crippen LogP contribution in [0.1, 0.15) is 47.1 Å². The van der Waals surface area contributed by atoms with Crippen molar-refractivity contribution in [2.75, 3.05) is 5.32 Å². The van der Waals surface area contributed by atoms with Gasteiger partial charge in [0.05, 0.1) is 5.56 Å². The van der Waals surface area contributed by atoms with E-state index in [2.05, 4.69) is 15.6 Å². The summed E-state index contributed by atoms with van der Waals surface area (Å²) in [6.07, 6.45) is 2.57. The van der Waals surface area contributed by atoms with Crippen molar-refractivity contribution < 1.29 is 24.2 Å². The first-order chi connectivity index (χ1) is 15.6. The van der Waals surface area contributed by atoms with E-state index in [-0.39, 0.29) is 18.0 Å². The van der Waals surface area contributed by atoms with Gasteiger partial charge >= 0.3 is 12.1 Å². The Morgan fingerprint density at radius 2 is 1.70 bits per heavy atom. The number of aromatic nitrogens is 1. The van der Waals surface area contributed by atoms with Crippen molar-refractivity contribution in [1.29, 1.82) is 0 Å². The summed E-state index contributed by atoms with van der Waals surface area (Å²) in [6, 6.07) is 14.8. The van der Waals surface area contributed by atoms with Crippen LogP contribution in [-0.4, -0.2) is 33.7 Å². The molecular weight excluding hydrogens is 422 g/mol. The number of ether oxygens (including phenoxy) is 1. The van der Waals surface area contributed by atoms with Crippen molar-refractivity contribution in [3.8, 4) is 11.1 Å². The van der Waals surface area contributed by atoms with Crippen LogP contribution in [0.4, 0.5) is 10.5 Å². The highest BCUT2D eigenvalue weighted by Crippen LogP contribution is 2.27. The predicted octanol–water partition coefficient (Wildman–Crippen LogP) is 4.72. The molecule has 0 radical (unpaired) electrons. The maximum atomic E-state index is 12.8. The van der Waals surface area contributed by atoms with Gasteiger partial charge in [0.1, 0.15) is 5.60 Å². The number of hydrogen-bond donors (Lipinski definition) is 3. The van der Waals surface area contributed by atoms with Gasteiger partial charge in [-0.1, -0.05) is 18.2 Å². The van der Waals surface area contributed by atoms with E-state index in [0.717, 1.165) is 0 Å². The van der Waals surface area contributed by atoms with Crippen molar-refractivity contribution in [2.45, 2.75) is 32.9 Å². The lowest BCUT2D eigenvalue weighted by atomic mass is 9.95. The maximum Gasteiger partial charge on any atom is 0.407 e. The molecule has 0 saturated heterocycles. The summed E-state index contributed by atoms with van der Waals surface area (Å²) >= 11 is 0. The summed E-state index contributed by atoms with van der Waals surface area (Å²) in [7, 11) is 0. The Morgan fingerprint density at radius 3 is 2.36 bits per heavy atom.